The molecular weight excluding hydrogens is 392 g/mol. The molecule has 30 heavy (non-hydrogen) atoms. The Balaban J connectivity index is 1.44. The first-order valence-corrected chi connectivity index (χ1v) is 10.7. The van der Waals surface area contributed by atoms with E-state index >= 15 is 0 Å². The number of carbonyl (C=O) groups is 3. The minimum absolute atomic E-state index is 0.0129. The van der Waals surface area contributed by atoms with Gasteiger partial charge in [0.15, 0.2) is 0 Å². The summed E-state index contributed by atoms with van der Waals surface area (Å²) in [5.41, 5.74) is -1.68. The van der Waals surface area contributed by atoms with Crippen LogP contribution in [0.25, 0.3) is 0 Å². The van der Waals surface area contributed by atoms with Crippen LogP contribution >= 0.6 is 0 Å². The number of urea groups is 1. The Kier molecular flexibility index (Phi) is 5.51. The molecule has 1 aliphatic heterocycles. The van der Waals surface area contributed by atoms with Gasteiger partial charge < -0.3 is 10.6 Å². The van der Waals surface area contributed by atoms with Gasteiger partial charge in [0.2, 0.25) is 5.91 Å². The third kappa shape index (κ3) is 3.56. The molecule has 4 rings (SSSR count). The first kappa shape index (κ1) is 20.8. The Morgan fingerprint density at radius 3 is 2.23 bits per heavy atom. The van der Waals surface area contributed by atoms with Crippen molar-refractivity contribution in [2.24, 2.45) is 0 Å². The van der Waals surface area contributed by atoms with Crippen LogP contribution in [0.4, 0.5) is 13.6 Å². The number of hydrogen-bond acceptors (Lipinski definition) is 3. The van der Waals surface area contributed by atoms with Gasteiger partial charge >= 0.3 is 6.03 Å². The van der Waals surface area contributed by atoms with Crippen molar-refractivity contribution in [3.8, 4) is 0 Å². The van der Waals surface area contributed by atoms with E-state index in [2.05, 4.69) is 10.6 Å². The van der Waals surface area contributed by atoms with Crippen LogP contribution < -0.4 is 10.6 Å². The fourth-order valence-corrected chi connectivity index (χ4v) is 5.35. The fourth-order valence-electron chi connectivity index (χ4n) is 5.35. The second kappa shape index (κ2) is 7.96. The van der Waals surface area contributed by atoms with Gasteiger partial charge in [-0.25, -0.2) is 13.6 Å². The van der Waals surface area contributed by atoms with E-state index < -0.39 is 34.5 Å². The van der Waals surface area contributed by atoms with Gasteiger partial charge in [0.05, 0.1) is 0 Å². The quantitative estimate of drug-likeness (QED) is 0.720. The molecule has 0 atom stereocenters. The highest BCUT2D eigenvalue weighted by Crippen LogP contribution is 2.43. The summed E-state index contributed by atoms with van der Waals surface area (Å²) in [5.74, 6) is -2.08. The molecule has 162 valence electrons. The predicted octanol–water partition coefficient (Wildman–Crippen LogP) is 3.15. The zero-order chi connectivity index (χ0) is 21.4. The second-order valence-electron chi connectivity index (χ2n) is 8.83. The number of halogens is 2. The molecule has 8 heteroatoms. The van der Waals surface area contributed by atoms with Crippen LogP contribution in [-0.2, 0) is 15.0 Å². The lowest BCUT2D eigenvalue weighted by Crippen LogP contribution is -2.49. The van der Waals surface area contributed by atoms with Crippen LogP contribution in [0.15, 0.2) is 18.2 Å². The Labute approximate surface area is 174 Å². The van der Waals surface area contributed by atoms with Crippen LogP contribution in [0, 0.1) is 11.6 Å². The van der Waals surface area contributed by atoms with Gasteiger partial charge in [0, 0.05) is 17.5 Å². The fraction of sp³-hybridized carbons (Fsp3) is 0.591. The standard InChI is InChI=1S/C22H27F2N3O3/c23-15-7-6-8-16(24)18(15)21(9-4-5-10-21)14-25-17(28)13-27-19(29)22(26-20(27)30)11-2-1-3-12-22/h6-8H,1-5,9-14H2,(H,25,28)(H,26,30). The number of amides is 4. The number of nitrogens with zero attached hydrogens (tertiary/aromatic N) is 1. The molecule has 2 saturated carbocycles. The number of rotatable bonds is 5. The molecule has 3 fully saturated rings. The molecule has 6 nitrogen and oxygen atoms in total. The first-order chi connectivity index (χ1) is 14.4. The third-order valence-electron chi connectivity index (χ3n) is 6.93. The summed E-state index contributed by atoms with van der Waals surface area (Å²) in [6.07, 6.45) is 6.70. The molecular formula is C22H27F2N3O3. The SMILES string of the molecule is O=C(CN1C(=O)NC2(CCCCC2)C1=O)NCC1(c2c(F)cccc2F)CCCC1. The van der Waals surface area contributed by atoms with Gasteiger partial charge in [0.25, 0.3) is 5.91 Å². The summed E-state index contributed by atoms with van der Waals surface area (Å²) in [6.45, 7) is -0.319. The molecule has 2 N–H and O–H groups in total. The highest BCUT2D eigenvalue weighted by atomic mass is 19.1. The zero-order valence-electron chi connectivity index (χ0n) is 16.9. The maximum atomic E-state index is 14.4. The van der Waals surface area contributed by atoms with Crippen molar-refractivity contribution < 1.29 is 23.2 Å². The van der Waals surface area contributed by atoms with E-state index in [1.54, 1.807) is 0 Å². The smallest absolute Gasteiger partial charge is 0.325 e. The Hall–Kier alpha value is -2.51. The molecule has 1 heterocycles. The van der Waals surface area contributed by atoms with Crippen molar-refractivity contribution in [3.05, 3.63) is 35.4 Å². The second-order valence-corrected chi connectivity index (χ2v) is 8.83. The van der Waals surface area contributed by atoms with Crippen LogP contribution in [0.1, 0.15) is 63.4 Å². The number of nitrogens with one attached hydrogen (secondary N) is 2. The average Bonchev–Trinajstić information content (AvgIpc) is 3.27. The molecule has 0 radical (unpaired) electrons. The van der Waals surface area contributed by atoms with Gasteiger partial charge in [0.1, 0.15) is 23.7 Å². The number of carbonyl (C=O) groups excluding carboxylic acids is 3. The van der Waals surface area contributed by atoms with E-state index in [0.717, 1.165) is 37.0 Å². The van der Waals surface area contributed by atoms with Gasteiger partial charge in [-0.15, -0.1) is 0 Å². The van der Waals surface area contributed by atoms with Crippen LogP contribution in [0.3, 0.4) is 0 Å². The molecule has 0 unspecified atom stereocenters. The van der Waals surface area contributed by atoms with Crippen molar-refractivity contribution in [2.45, 2.75) is 68.7 Å². The molecule has 1 spiro atoms. The Morgan fingerprint density at radius 2 is 1.60 bits per heavy atom. The normalized spacial score (nSPS) is 22.4. The van der Waals surface area contributed by atoms with Gasteiger partial charge in [-0.05, 0) is 37.8 Å². The van der Waals surface area contributed by atoms with Crippen molar-refractivity contribution in [1.82, 2.24) is 15.5 Å². The summed E-state index contributed by atoms with van der Waals surface area (Å²) >= 11 is 0. The van der Waals surface area contributed by atoms with Gasteiger partial charge in [-0.3, -0.25) is 14.5 Å². The lowest BCUT2D eigenvalue weighted by Gasteiger charge is -2.31. The molecule has 1 saturated heterocycles. The van der Waals surface area contributed by atoms with Crippen molar-refractivity contribution in [3.63, 3.8) is 0 Å². The van der Waals surface area contributed by atoms with Gasteiger partial charge in [-0.1, -0.05) is 38.2 Å². The summed E-state index contributed by atoms with van der Waals surface area (Å²) in [4.78, 5) is 38.7. The van der Waals surface area contributed by atoms with Crippen molar-refractivity contribution in [2.75, 3.05) is 13.1 Å². The maximum absolute atomic E-state index is 14.4. The lowest BCUT2D eigenvalue weighted by molar-refractivity contribution is -0.135. The summed E-state index contributed by atoms with van der Waals surface area (Å²) in [7, 11) is 0. The highest BCUT2D eigenvalue weighted by Gasteiger charge is 2.51. The molecule has 2 aliphatic carbocycles. The maximum Gasteiger partial charge on any atom is 0.325 e. The van der Waals surface area contributed by atoms with Crippen LogP contribution in [-0.4, -0.2) is 41.4 Å². The summed E-state index contributed by atoms with van der Waals surface area (Å²) in [6, 6.07) is 3.25. The monoisotopic (exact) mass is 419 g/mol. The van der Waals surface area contributed by atoms with E-state index in [0.29, 0.717) is 25.7 Å². The number of benzene rings is 1. The third-order valence-corrected chi connectivity index (χ3v) is 6.93. The van der Waals surface area contributed by atoms with E-state index in [4.69, 9.17) is 0 Å². The van der Waals surface area contributed by atoms with E-state index in [9.17, 15) is 23.2 Å². The largest absolute Gasteiger partial charge is 0.354 e. The highest BCUT2D eigenvalue weighted by molar-refractivity contribution is 6.09. The minimum Gasteiger partial charge on any atom is -0.354 e. The molecule has 3 aliphatic rings. The first-order valence-electron chi connectivity index (χ1n) is 10.7. The minimum atomic E-state index is -0.876. The van der Waals surface area contributed by atoms with Crippen LogP contribution in [0.2, 0.25) is 0 Å². The van der Waals surface area contributed by atoms with E-state index in [-0.39, 0.29) is 24.6 Å². The van der Waals surface area contributed by atoms with Crippen LogP contribution in [0.5, 0.6) is 0 Å². The lowest BCUT2D eigenvalue weighted by atomic mass is 9.78. The topological polar surface area (TPSA) is 78.5 Å². The van der Waals surface area contributed by atoms with Crippen molar-refractivity contribution >= 4 is 17.8 Å². The molecule has 1 aromatic carbocycles. The average molecular weight is 419 g/mol. The Morgan fingerprint density at radius 1 is 1.00 bits per heavy atom. The van der Waals surface area contributed by atoms with Gasteiger partial charge in [-0.2, -0.15) is 0 Å². The summed E-state index contributed by atoms with van der Waals surface area (Å²) < 4.78 is 28.9. The predicted molar refractivity (Wildman–Crippen MR) is 106 cm³/mol. The number of hydrogen-bond donors (Lipinski definition) is 2. The molecule has 1 aromatic rings. The Bertz CT molecular complexity index is 841. The number of imide groups is 1. The van der Waals surface area contributed by atoms with Crippen molar-refractivity contribution in [1.29, 1.82) is 0 Å². The summed E-state index contributed by atoms with van der Waals surface area (Å²) in [5, 5.41) is 5.51. The van der Waals surface area contributed by atoms with E-state index in [1.165, 1.54) is 18.2 Å². The zero-order valence-corrected chi connectivity index (χ0v) is 16.9. The molecule has 4 amide bonds. The molecule has 0 bridgehead atoms. The molecule has 0 aromatic heterocycles. The van der Waals surface area contributed by atoms with E-state index in [1.807, 2.05) is 0 Å².